The highest BCUT2D eigenvalue weighted by Crippen LogP contribution is 2.23. The summed E-state index contributed by atoms with van der Waals surface area (Å²) in [6.45, 7) is 3.50. The molecule has 1 atom stereocenters. The number of nitrogens with one attached hydrogen (secondary N) is 1. The maximum absolute atomic E-state index is 6.02. The quantitative estimate of drug-likeness (QED) is 0.661. The Morgan fingerprint density at radius 2 is 1.93 bits per heavy atom. The zero-order valence-corrected chi connectivity index (χ0v) is 16.6. The van der Waals surface area contributed by atoms with Crippen LogP contribution in [0.4, 0.5) is 11.6 Å². The lowest BCUT2D eigenvalue weighted by atomic mass is 10.1. The molecule has 0 amide bonds. The van der Waals surface area contributed by atoms with Gasteiger partial charge in [-0.25, -0.2) is 9.97 Å². The van der Waals surface area contributed by atoms with E-state index in [9.17, 15) is 0 Å². The molecule has 1 fully saturated rings. The van der Waals surface area contributed by atoms with Gasteiger partial charge in [-0.1, -0.05) is 24.3 Å². The third-order valence-corrected chi connectivity index (χ3v) is 5.05. The molecule has 1 aliphatic heterocycles. The fraction of sp³-hybridized carbons (Fsp3) is 0.304. The topological polar surface area (TPSA) is 59.5 Å². The van der Waals surface area contributed by atoms with Crippen LogP contribution in [-0.4, -0.2) is 48.2 Å². The van der Waals surface area contributed by atoms with E-state index in [0.29, 0.717) is 6.61 Å². The fourth-order valence-corrected chi connectivity index (χ4v) is 3.43. The highest BCUT2D eigenvalue weighted by Gasteiger charge is 2.23. The minimum atomic E-state index is -0.0231. The van der Waals surface area contributed by atoms with Crippen LogP contribution in [0.5, 0.6) is 5.75 Å². The maximum atomic E-state index is 6.02. The molecule has 29 heavy (non-hydrogen) atoms. The highest BCUT2D eigenvalue weighted by molar-refractivity contribution is 5.51. The molecule has 6 nitrogen and oxygen atoms in total. The smallest absolute Gasteiger partial charge is 0.131 e. The number of rotatable bonds is 7. The SMILES string of the molecule is COc1ccc(CCN2CCO[C@H](c3cccc(Nc4ccccn4)n3)C2)cc1. The predicted octanol–water partition coefficient (Wildman–Crippen LogP) is 3.84. The number of hydrogen-bond donors (Lipinski definition) is 1. The average molecular weight is 390 g/mol. The first kappa shape index (κ1) is 19.4. The molecule has 150 valence electrons. The van der Waals surface area contributed by atoms with Gasteiger partial charge in [-0.2, -0.15) is 0 Å². The Kier molecular flexibility index (Phi) is 6.34. The third kappa shape index (κ3) is 5.31. The molecule has 3 aromatic rings. The second-order valence-electron chi connectivity index (χ2n) is 7.05. The average Bonchev–Trinajstić information content (AvgIpc) is 2.79. The number of aromatic nitrogens is 2. The molecular weight excluding hydrogens is 364 g/mol. The molecule has 0 radical (unpaired) electrons. The monoisotopic (exact) mass is 390 g/mol. The van der Waals surface area contributed by atoms with Crippen molar-refractivity contribution in [1.29, 1.82) is 0 Å². The van der Waals surface area contributed by atoms with Crippen molar-refractivity contribution < 1.29 is 9.47 Å². The Balaban J connectivity index is 1.35. The Hall–Kier alpha value is -2.96. The van der Waals surface area contributed by atoms with Crippen molar-refractivity contribution in [3.05, 3.63) is 78.1 Å². The molecule has 6 heteroatoms. The number of pyridine rings is 2. The van der Waals surface area contributed by atoms with Crippen molar-refractivity contribution >= 4 is 11.6 Å². The van der Waals surface area contributed by atoms with E-state index in [1.54, 1.807) is 13.3 Å². The Labute approximate surface area is 171 Å². The Morgan fingerprint density at radius 1 is 1.07 bits per heavy atom. The van der Waals surface area contributed by atoms with E-state index in [4.69, 9.17) is 14.5 Å². The molecule has 0 aliphatic carbocycles. The van der Waals surface area contributed by atoms with Crippen LogP contribution < -0.4 is 10.1 Å². The predicted molar refractivity (Wildman–Crippen MR) is 114 cm³/mol. The number of morpholine rings is 1. The number of hydrogen-bond acceptors (Lipinski definition) is 6. The molecule has 2 aromatic heterocycles. The van der Waals surface area contributed by atoms with Gasteiger partial charge in [-0.15, -0.1) is 0 Å². The largest absolute Gasteiger partial charge is 0.497 e. The minimum Gasteiger partial charge on any atom is -0.497 e. The Bertz CT molecular complexity index is 902. The van der Waals surface area contributed by atoms with Crippen molar-refractivity contribution in [2.75, 3.05) is 38.7 Å². The zero-order valence-electron chi connectivity index (χ0n) is 16.6. The van der Waals surface area contributed by atoms with Crippen LogP contribution in [0.2, 0.25) is 0 Å². The summed E-state index contributed by atoms with van der Waals surface area (Å²) in [6, 6.07) is 20.0. The first-order valence-corrected chi connectivity index (χ1v) is 9.92. The maximum Gasteiger partial charge on any atom is 0.131 e. The molecule has 1 aliphatic rings. The summed E-state index contributed by atoms with van der Waals surface area (Å²) in [7, 11) is 1.69. The lowest BCUT2D eigenvalue weighted by Crippen LogP contribution is -2.39. The number of anilines is 2. The first-order valence-electron chi connectivity index (χ1n) is 9.92. The second kappa shape index (κ2) is 9.49. The van der Waals surface area contributed by atoms with Gasteiger partial charge >= 0.3 is 0 Å². The Morgan fingerprint density at radius 3 is 2.72 bits per heavy atom. The molecule has 1 N–H and O–H groups in total. The molecule has 0 saturated carbocycles. The number of benzene rings is 1. The van der Waals surface area contributed by atoms with Gasteiger partial charge in [0.15, 0.2) is 0 Å². The van der Waals surface area contributed by atoms with Gasteiger partial charge in [0.25, 0.3) is 0 Å². The number of nitrogens with zero attached hydrogens (tertiary/aromatic N) is 3. The van der Waals surface area contributed by atoms with E-state index >= 15 is 0 Å². The van der Waals surface area contributed by atoms with Gasteiger partial charge in [0.05, 0.1) is 19.4 Å². The summed E-state index contributed by atoms with van der Waals surface area (Å²) in [5.74, 6) is 2.45. The van der Waals surface area contributed by atoms with Gasteiger partial charge < -0.3 is 14.8 Å². The number of ether oxygens (including phenoxy) is 2. The first-order chi connectivity index (χ1) is 14.3. The summed E-state index contributed by atoms with van der Waals surface area (Å²) < 4.78 is 11.2. The molecule has 0 unspecified atom stereocenters. The lowest BCUT2D eigenvalue weighted by molar-refractivity contribution is -0.0315. The molecule has 4 rings (SSSR count). The molecule has 1 aromatic carbocycles. The number of methoxy groups -OCH3 is 1. The van der Waals surface area contributed by atoms with Crippen molar-refractivity contribution in [2.45, 2.75) is 12.5 Å². The van der Waals surface area contributed by atoms with Gasteiger partial charge in [0.1, 0.15) is 23.5 Å². The van der Waals surface area contributed by atoms with Gasteiger partial charge in [0, 0.05) is 25.8 Å². The normalized spacial score (nSPS) is 17.1. The molecular formula is C23H26N4O2. The molecule has 0 bridgehead atoms. The van der Waals surface area contributed by atoms with Crippen molar-refractivity contribution in [2.24, 2.45) is 0 Å². The van der Waals surface area contributed by atoms with Crippen LogP contribution in [0.1, 0.15) is 17.4 Å². The van der Waals surface area contributed by atoms with Gasteiger partial charge in [-0.3, -0.25) is 4.90 Å². The van der Waals surface area contributed by atoms with E-state index in [1.807, 2.05) is 48.5 Å². The van der Waals surface area contributed by atoms with E-state index < -0.39 is 0 Å². The lowest BCUT2D eigenvalue weighted by Gasteiger charge is -2.32. The molecule has 3 heterocycles. The third-order valence-electron chi connectivity index (χ3n) is 5.05. The summed E-state index contributed by atoms with van der Waals surface area (Å²) in [4.78, 5) is 11.5. The van der Waals surface area contributed by atoms with E-state index in [2.05, 4.69) is 27.3 Å². The minimum absolute atomic E-state index is 0.0231. The molecule has 1 saturated heterocycles. The van der Waals surface area contributed by atoms with Crippen LogP contribution in [-0.2, 0) is 11.2 Å². The summed E-state index contributed by atoms with van der Waals surface area (Å²) in [6.07, 6.45) is 2.74. The second-order valence-corrected chi connectivity index (χ2v) is 7.05. The van der Waals surface area contributed by atoms with Crippen molar-refractivity contribution in [3.8, 4) is 5.75 Å². The van der Waals surface area contributed by atoms with Gasteiger partial charge in [-0.05, 0) is 48.4 Å². The van der Waals surface area contributed by atoms with Crippen molar-refractivity contribution in [1.82, 2.24) is 14.9 Å². The van der Waals surface area contributed by atoms with E-state index in [-0.39, 0.29) is 6.10 Å². The van der Waals surface area contributed by atoms with E-state index in [0.717, 1.165) is 49.1 Å². The molecule has 0 spiro atoms. The van der Waals surface area contributed by atoms with Crippen LogP contribution in [0, 0.1) is 0 Å². The fourth-order valence-electron chi connectivity index (χ4n) is 3.43. The van der Waals surface area contributed by atoms with Gasteiger partial charge in [0.2, 0.25) is 0 Å². The summed E-state index contributed by atoms with van der Waals surface area (Å²) in [5, 5.41) is 3.25. The highest BCUT2D eigenvalue weighted by atomic mass is 16.5. The van der Waals surface area contributed by atoms with Crippen LogP contribution >= 0.6 is 0 Å². The van der Waals surface area contributed by atoms with Crippen LogP contribution in [0.15, 0.2) is 66.9 Å². The zero-order chi connectivity index (χ0) is 19.9. The summed E-state index contributed by atoms with van der Waals surface area (Å²) >= 11 is 0. The van der Waals surface area contributed by atoms with Crippen molar-refractivity contribution in [3.63, 3.8) is 0 Å². The standard InChI is InChI=1S/C23H26N4O2/c1-28-19-10-8-18(9-11-19)12-14-27-15-16-29-21(17-27)20-5-4-7-23(25-20)26-22-6-2-3-13-24-22/h2-11,13,21H,12,14-17H2,1H3,(H,24,25,26)/t21-/m0/s1. The van der Waals surface area contributed by atoms with Crippen LogP contribution in [0.3, 0.4) is 0 Å². The van der Waals surface area contributed by atoms with Crippen LogP contribution in [0.25, 0.3) is 0 Å². The summed E-state index contributed by atoms with van der Waals surface area (Å²) in [5.41, 5.74) is 2.26. The van der Waals surface area contributed by atoms with E-state index in [1.165, 1.54) is 5.56 Å².